The maximum atomic E-state index is 12.3. The van der Waals surface area contributed by atoms with Gasteiger partial charge in [-0.15, -0.1) is 0 Å². The number of amides is 2. The third-order valence-electron chi connectivity index (χ3n) is 4.41. The molecule has 0 radical (unpaired) electrons. The molecule has 0 unspecified atom stereocenters. The topological polar surface area (TPSA) is 53.4 Å². The summed E-state index contributed by atoms with van der Waals surface area (Å²) in [6.45, 7) is 1.53. The number of piperidine rings is 1. The number of hydrogen-bond acceptors (Lipinski definition) is 3. The summed E-state index contributed by atoms with van der Waals surface area (Å²) in [7, 11) is 3.96. The van der Waals surface area contributed by atoms with Gasteiger partial charge in [-0.3, -0.25) is 10.00 Å². The molecule has 2 aromatic rings. The number of likely N-dealkylation sites (tertiary alicyclic amines) is 1. The summed E-state index contributed by atoms with van der Waals surface area (Å²) in [4.78, 5) is 16.5. The van der Waals surface area contributed by atoms with Crippen LogP contribution in [0.5, 0.6) is 0 Å². The number of carbonyl (C=O) groups excluding carboxylic acids is 1. The number of hydrogen-bond donors (Lipinski definition) is 1. The fraction of sp³-hybridized carbons (Fsp3) is 0.412. The van der Waals surface area contributed by atoms with Crippen molar-refractivity contribution < 1.29 is 4.79 Å². The smallest absolute Gasteiger partial charge is 0.323 e. The van der Waals surface area contributed by atoms with E-state index >= 15 is 0 Å². The first-order valence-electron chi connectivity index (χ1n) is 7.97. The van der Waals surface area contributed by atoms with E-state index in [-0.39, 0.29) is 6.03 Å². The predicted octanol–water partition coefficient (Wildman–Crippen LogP) is 2.55. The Labute approximate surface area is 136 Å². The number of carbonyl (C=O) groups is 1. The van der Waals surface area contributed by atoms with Gasteiger partial charge < -0.3 is 9.80 Å². The van der Waals surface area contributed by atoms with Crippen LogP contribution >= 0.6 is 0 Å². The van der Waals surface area contributed by atoms with Gasteiger partial charge in [0.15, 0.2) is 5.82 Å². The first-order valence-corrected chi connectivity index (χ1v) is 7.97. The minimum Gasteiger partial charge on any atom is -0.371 e. The highest BCUT2D eigenvalue weighted by Crippen LogP contribution is 2.22. The number of urea groups is 1. The van der Waals surface area contributed by atoms with Crippen molar-refractivity contribution in [2.75, 3.05) is 30.4 Å². The standard InChI is InChI=1S/C17H23N5O/c1-20-11-10-16(19-20)18-17(23)22-12-8-15(9-13-22)21(2)14-6-4-3-5-7-14/h3-7,10-11,15H,8-9,12-13H2,1-2H3,(H,18,19,23). The largest absolute Gasteiger partial charge is 0.371 e. The summed E-state index contributed by atoms with van der Waals surface area (Å²) in [6, 6.07) is 12.6. The van der Waals surface area contributed by atoms with Gasteiger partial charge in [-0.05, 0) is 25.0 Å². The van der Waals surface area contributed by atoms with Crippen LogP contribution in [-0.2, 0) is 7.05 Å². The molecule has 1 aromatic carbocycles. The van der Waals surface area contributed by atoms with Crippen LogP contribution in [0.4, 0.5) is 16.3 Å². The van der Waals surface area contributed by atoms with Crippen molar-refractivity contribution in [2.24, 2.45) is 7.05 Å². The maximum absolute atomic E-state index is 12.3. The lowest BCUT2D eigenvalue weighted by Crippen LogP contribution is -2.47. The zero-order valence-electron chi connectivity index (χ0n) is 13.6. The van der Waals surface area contributed by atoms with Gasteiger partial charge in [0.05, 0.1) is 0 Å². The molecule has 122 valence electrons. The van der Waals surface area contributed by atoms with Crippen molar-refractivity contribution in [3.05, 3.63) is 42.6 Å². The quantitative estimate of drug-likeness (QED) is 0.947. The lowest BCUT2D eigenvalue weighted by atomic mass is 10.0. The summed E-state index contributed by atoms with van der Waals surface area (Å²) in [6.07, 6.45) is 3.76. The second kappa shape index (κ2) is 6.73. The predicted molar refractivity (Wildman–Crippen MR) is 91.7 cm³/mol. The van der Waals surface area contributed by atoms with Gasteiger partial charge in [0.25, 0.3) is 0 Å². The molecule has 1 N–H and O–H groups in total. The van der Waals surface area contributed by atoms with Crippen LogP contribution < -0.4 is 10.2 Å². The van der Waals surface area contributed by atoms with E-state index in [1.807, 2.05) is 24.2 Å². The molecule has 3 rings (SSSR count). The summed E-state index contributed by atoms with van der Waals surface area (Å²) in [5.41, 5.74) is 1.23. The molecular formula is C17H23N5O. The van der Waals surface area contributed by atoms with Gasteiger partial charge >= 0.3 is 6.03 Å². The van der Waals surface area contributed by atoms with Crippen molar-refractivity contribution in [1.82, 2.24) is 14.7 Å². The first-order chi connectivity index (χ1) is 11.1. The Hall–Kier alpha value is -2.50. The van der Waals surface area contributed by atoms with E-state index in [0.717, 1.165) is 25.9 Å². The molecule has 1 aliphatic rings. The normalized spacial score (nSPS) is 15.5. The molecule has 0 bridgehead atoms. The van der Waals surface area contributed by atoms with E-state index in [1.165, 1.54) is 5.69 Å². The molecule has 23 heavy (non-hydrogen) atoms. The molecule has 6 heteroatoms. The van der Waals surface area contributed by atoms with Crippen molar-refractivity contribution in [2.45, 2.75) is 18.9 Å². The molecule has 0 aliphatic carbocycles. The van der Waals surface area contributed by atoms with Gasteiger partial charge in [-0.25, -0.2) is 4.79 Å². The average Bonchev–Trinajstić information content (AvgIpc) is 3.00. The number of aryl methyl sites for hydroxylation is 1. The Morgan fingerprint density at radius 1 is 1.22 bits per heavy atom. The number of para-hydroxylation sites is 1. The third-order valence-corrected chi connectivity index (χ3v) is 4.41. The highest BCUT2D eigenvalue weighted by atomic mass is 16.2. The van der Waals surface area contributed by atoms with Crippen molar-refractivity contribution >= 4 is 17.5 Å². The molecule has 2 heterocycles. The minimum atomic E-state index is -0.0653. The molecule has 0 saturated carbocycles. The fourth-order valence-corrected chi connectivity index (χ4v) is 3.00. The SMILES string of the molecule is CN(c1ccccc1)C1CCN(C(=O)Nc2ccn(C)n2)CC1. The molecule has 2 amide bonds. The van der Waals surface area contributed by atoms with E-state index in [0.29, 0.717) is 11.9 Å². The molecule has 6 nitrogen and oxygen atoms in total. The number of benzene rings is 1. The zero-order chi connectivity index (χ0) is 16.2. The summed E-state index contributed by atoms with van der Waals surface area (Å²) >= 11 is 0. The van der Waals surface area contributed by atoms with Crippen LogP contribution in [0.1, 0.15) is 12.8 Å². The highest BCUT2D eigenvalue weighted by molar-refractivity contribution is 5.88. The Morgan fingerprint density at radius 2 is 1.91 bits per heavy atom. The zero-order valence-corrected chi connectivity index (χ0v) is 13.6. The second-order valence-electron chi connectivity index (χ2n) is 5.97. The van der Waals surface area contributed by atoms with Gasteiger partial charge in [-0.2, -0.15) is 5.10 Å². The Kier molecular flexibility index (Phi) is 4.50. The summed E-state index contributed by atoms with van der Waals surface area (Å²) < 4.78 is 1.68. The molecule has 0 atom stereocenters. The van der Waals surface area contributed by atoms with E-state index in [2.05, 4.69) is 46.6 Å². The maximum Gasteiger partial charge on any atom is 0.323 e. The van der Waals surface area contributed by atoms with Crippen LogP contribution in [0.3, 0.4) is 0 Å². The number of anilines is 2. The molecular weight excluding hydrogens is 290 g/mol. The fourth-order valence-electron chi connectivity index (χ4n) is 3.00. The lowest BCUT2D eigenvalue weighted by Gasteiger charge is -2.37. The van der Waals surface area contributed by atoms with E-state index < -0.39 is 0 Å². The van der Waals surface area contributed by atoms with Gasteiger partial charge in [0.2, 0.25) is 0 Å². The van der Waals surface area contributed by atoms with Crippen LogP contribution in [0.15, 0.2) is 42.6 Å². The van der Waals surface area contributed by atoms with E-state index in [1.54, 1.807) is 10.7 Å². The van der Waals surface area contributed by atoms with Crippen LogP contribution in [0.2, 0.25) is 0 Å². The number of nitrogens with zero attached hydrogens (tertiary/aromatic N) is 4. The van der Waals surface area contributed by atoms with Crippen molar-refractivity contribution in [3.8, 4) is 0 Å². The minimum absolute atomic E-state index is 0.0653. The molecule has 0 spiro atoms. The Balaban J connectivity index is 1.53. The van der Waals surface area contributed by atoms with Crippen molar-refractivity contribution in [1.29, 1.82) is 0 Å². The van der Waals surface area contributed by atoms with Gasteiger partial charge in [0, 0.05) is 51.2 Å². The molecule has 1 fully saturated rings. The highest BCUT2D eigenvalue weighted by Gasteiger charge is 2.25. The van der Waals surface area contributed by atoms with Crippen molar-refractivity contribution in [3.63, 3.8) is 0 Å². The summed E-state index contributed by atoms with van der Waals surface area (Å²) in [5, 5.41) is 7.03. The lowest BCUT2D eigenvalue weighted by molar-refractivity contribution is 0.194. The van der Waals surface area contributed by atoms with Crippen LogP contribution in [0.25, 0.3) is 0 Å². The second-order valence-corrected chi connectivity index (χ2v) is 5.97. The molecule has 1 aliphatic heterocycles. The Bertz CT molecular complexity index is 646. The summed E-state index contributed by atoms with van der Waals surface area (Å²) in [5.74, 6) is 0.598. The monoisotopic (exact) mass is 313 g/mol. The number of aromatic nitrogens is 2. The van der Waals surface area contributed by atoms with E-state index in [9.17, 15) is 4.79 Å². The van der Waals surface area contributed by atoms with E-state index in [4.69, 9.17) is 0 Å². The van der Waals surface area contributed by atoms with Gasteiger partial charge in [0.1, 0.15) is 0 Å². The van der Waals surface area contributed by atoms with Crippen LogP contribution in [-0.4, -0.2) is 46.9 Å². The Morgan fingerprint density at radius 3 is 2.52 bits per heavy atom. The molecule has 1 saturated heterocycles. The number of nitrogens with one attached hydrogen (secondary N) is 1. The third kappa shape index (κ3) is 3.64. The molecule has 1 aromatic heterocycles. The first kappa shape index (κ1) is 15.4. The average molecular weight is 313 g/mol. The van der Waals surface area contributed by atoms with Gasteiger partial charge in [-0.1, -0.05) is 18.2 Å². The van der Waals surface area contributed by atoms with Crippen LogP contribution in [0, 0.1) is 0 Å². The number of rotatable bonds is 3.